The summed E-state index contributed by atoms with van der Waals surface area (Å²) in [6.07, 6.45) is 0.133. The fourth-order valence-electron chi connectivity index (χ4n) is 2.79. The second-order valence-electron chi connectivity index (χ2n) is 6.38. The Balaban J connectivity index is 1.63. The Bertz CT molecular complexity index is 1120. The molecule has 10 heteroatoms. The number of rotatable bonds is 7. The predicted molar refractivity (Wildman–Crippen MR) is 105 cm³/mol. The van der Waals surface area contributed by atoms with Gasteiger partial charge in [0.25, 0.3) is 11.6 Å². The van der Waals surface area contributed by atoms with E-state index in [-0.39, 0.29) is 29.3 Å². The third-order valence-electron chi connectivity index (χ3n) is 4.31. The second kappa shape index (κ2) is 8.52. The number of hydrogen-bond donors (Lipinski definition) is 2. The molecule has 0 spiro atoms. The number of ether oxygens (including phenoxy) is 2. The number of carbonyl (C=O) groups excluding carboxylic acids is 2. The number of methoxy groups -OCH3 is 1. The lowest BCUT2D eigenvalue weighted by atomic mass is 10.1. The van der Waals surface area contributed by atoms with Crippen LogP contribution in [0.1, 0.15) is 12.5 Å². The number of hydrogen-bond acceptors (Lipinski definition) is 8. The minimum absolute atomic E-state index is 0.0398. The summed E-state index contributed by atoms with van der Waals surface area (Å²) in [6, 6.07) is 8.24. The Morgan fingerprint density at radius 3 is 2.73 bits per heavy atom. The number of aromatic hydroxyl groups is 1. The maximum atomic E-state index is 12.4. The summed E-state index contributed by atoms with van der Waals surface area (Å²) in [7, 11) is 1.31. The van der Waals surface area contributed by atoms with Crippen LogP contribution in [0, 0.1) is 10.1 Å². The summed E-state index contributed by atoms with van der Waals surface area (Å²) in [6.45, 7) is 1.40. The van der Waals surface area contributed by atoms with Crippen molar-refractivity contribution in [3.8, 4) is 11.5 Å². The molecule has 3 aromatic rings. The van der Waals surface area contributed by atoms with Crippen molar-refractivity contribution >= 4 is 34.2 Å². The fraction of sp³-hybridized carbons (Fsp3) is 0.200. The van der Waals surface area contributed by atoms with Gasteiger partial charge < -0.3 is 24.3 Å². The van der Waals surface area contributed by atoms with Gasteiger partial charge in [-0.05, 0) is 25.1 Å². The first-order valence-corrected chi connectivity index (χ1v) is 8.80. The van der Waals surface area contributed by atoms with Gasteiger partial charge in [-0.1, -0.05) is 0 Å². The third-order valence-corrected chi connectivity index (χ3v) is 4.31. The van der Waals surface area contributed by atoms with Gasteiger partial charge in [0.1, 0.15) is 17.1 Å². The van der Waals surface area contributed by atoms with Crippen molar-refractivity contribution < 1.29 is 33.5 Å². The van der Waals surface area contributed by atoms with Gasteiger partial charge in [0.05, 0.1) is 36.5 Å². The summed E-state index contributed by atoms with van der Waals surface area (Å²) >= 11 is 0. The Labute approximate surface area is 170 Å². The molecule has 1 amide bonds. The highest BCUT2D eigenvalue weighted by Gasteiger charge is 2.21. The highest BCUT2D eigenvalue weighted by molar-refractivity contribution is 5.96. The molecule has 10 nitrogen and oxygen atoms in total. The van der Waals surface area contributed by atoms with Crippen LogP contribution < -0.4 is 10.1 Å². The third kappa shape index (κ3) is 4.49. The van der Waals surface area contributed by atoms with Crippen LogP contribution in [0.5, 0.6) is 11.5 Å². The topological polar surface area (TPSA) is 141 Å². The molecule has 2 N–H and O–H groups in total. The fourth-order valence-corrected chi connectivity index (χ4v) is 2.79. The molecule has 1 heterocycles. The van der Waals surface area contributed by atoms with E-state index in [2.05, 4.69) is 5.32 Å². The van der Waals surface area contributed by atoms with Gasteiger partial charge in [-0.25, -0.2) is 0 Å². The number of non-ortho nitro benzene ring substituents is 1. The molecule has 156 valence electrons. The van der Waals surface area contributed by atoms with E-state index in [1.807, 2.05) is 0 Å². The van der Waals surface area contributed by atoms with E-state index < -0.39 is 22.9 Å². The van der Waals surface area contributed by atoms with E-state index in [0.29, 0.717) is 16.5 Å². The second-order valence-corrected chi connectivity index (χ2v) is 6.38. The first-order chi connectivity index (χ1) is 14.3. The number of phenols is 1. The number of nitrogens with one attached hydrogen (secondary N) is 1. The molecule has 0 aliphatic rings. The van der Waals surface area contributed by atoms with E-state index in [4.69, 9.17) is 13.9 Å². The predicted octanol–water partition coefficient (Wildman–Crippen LogP) is 3.17. The van der Waals surface area contributed by atoms with Crippen LogP contribution in [0.4, 0.5) is 11.4 Å². The Kier molecular flexibility index (Phi) is 5.86. The highest BCUT2D eigenvalue weighted by atomic mass is 16.6. The summed E-state index contributed by atoms with van der Waals surface area (Å²) in [4.78, 5) is 34.9. The van der Waals surface area contributed by atoms with Crippen LogP contribution in [0.3, 0.4) is 0 Å². The van der Waals surface area contributed by atoms with Gasteiger partial charge in [-0.2, -0.15) is 0 Å². The number of fused-ring (bicyclic) bond motifs is 1. The number of phenolic OH excluding ortho intramolecular Hbond substituents is 1. The molecule has 0 saturated carbocycles. The zero-order valence-corrected chi connectivity index (χ0v) is 16.1. The molecule has 0 fully saturated rings. The number of nitro benzene ring substituents is 1. The lowest BCUT2D eigenvalue weighted by molar-refractivity contribution is -0.384. The monoisotopic (exact) mass is 414 g/mol. The average molecular weight is 414 g/mol. The van der Waals surface area contributed by atoms with Crippen LogP contribution in [0.25, 0.3) is 11.0 Å². The summed E-state index contributed by atoms with van der Waals surface area (Å²) in [5.41, 5.74) is 0.995. The molecule has 0 radical (unpaired) electrons. The molecule has 0 unspecified atom stereocenters. The van der Waals surface area contributed by atoms with Crippen LogP contribution in [-0.4, -0.2) is 35.1 Å². The Morgan fingerprint density at radius 2 is 2.03 bits per heavy atom. The largest absolute Gasteiger partial charge is 0.508 e. The average Bonchev–Trinajstić information content (AvgIpc) is 3.09. The number of amides is 1. The van der Waals surface area contributed by atoms with Gasteiger partial charge in [0, 0.05) is 23.1 Å². The van der Waals surface area contributed by atoms with Crippen LogP contribution in [0.15, 0.2) is 47.1 Å². The smallest absolute Gasteiger partial charge is 0.311 e. The maximum absolute atomic E-state index is 12.4. The zero-order chi connectivity index (χ0) is 21.8. The van der Waals surface area contributed by atoms with Gasteiger partial charge in [-0.3, -0.25) is 19.7 Å². The van der Waals surface area contributed by atoms with Gasteiger partial charge >= 0.3 is 5.97 Å². The van der Waals surface area contributed by atoms with Crippen molar-refractivity contribution in [1.82, 2.24) is 0 Å². The molecule has 0 aliphatic heterocycles. The first kappa shape index (κ1) is 20.6. The van der Waals surface area contributed by atoms with E-state index in [1.54, 1.807) is 6.07 Å². The van der Waals surface area contributed by atoms with Crippen LogP contribution in [0.2, 0.25) is 0 Å². The summed E-state index contributed by atoms with van der Waals surface area (Å²) in [5.74, 6) is -1.14. The van der Waals surface area contributed by atoms with Gasteiger partial charge in [0.2, 0.25) is 0 Å². The van der Waals surface area contributed by atoms with Crippen molar-refractivity contribution in [2.45, 2.75) is 19.4 Å². The van der Waals surface area contributed by atoms with Crippen molar-refractivity contribution in [3.05, 3.63) is 58.3 Å². The molecular formula is C20H18N2O8. The van der Waals surface area contributed by atoms with Gasteiger partial charge in [-0.15, -0.1) is 0 Å². The van der Waals surface area contributed by atoms with Crippen molar-refractivity contribution in [2.24, 2.45) is 0 Å². The number of nitrogens with zero attached hydrogens (tertiary/aromatic N) is 1. The lowest BCUT2D eigenvalue weighted by Crippen LogP contribution is -2.30. The first-order valence-electron chi connectivity index (χ1n) is 8.80. The normalized spacial score (nSPS) is 11.7. The molecular weight excluding hydrogens is 396 g/mol. The minimum atomic E-state index is -1.13. The number of furan rings is 1. The Morgan fingerprint density at radius 1 is 1.27 bits per heavy atom. The summed E-state index contributed by atoms with van der Waals surface area (Å²) in [5, 5.41) is 23.5. The van der Waals surface area contributed by atoms with Gasteiger partial charge in [0.15, 0.2) is 6.10 Å². The molecule has 0 saturated heterocycles. The maximum Gasteiger partial charge on any atom is 0.311 e. The standard InChI is InChI=1S/C20H18N2O8/c1-11(20(25)21-16-6-3-13(22(26)27)8-18(16)28-2)30-19(24)7-12-10-29-17-9-14(23)4-5-15(12)17/h3-6,8-11,23H,7H2,1-2H3,(H,21,25)/t11-/m0/s1. The summed E-state index contributed by atoms with van der Waals surface area (Å²) < 4.78 is 15.5. The number of nitro groups is 1. The molecule has 2 aromatic carbocycles. The lowest BCUT2D eigenvalue weighted by Gasteiger charge is -2.15. The quantitative estimate of drug-likeness (QED) is 0.341. The SMILES string of the molecule is COc1cc([N+](=O)[O-])ccc1NC(=O)[C@H](C)OC(=O)Cc1coc2cc(O)ccc12. The minimum Gasteiger partial charge on any atom is -0.508 e. The van der Waals surface area contributed by atoms with Crippen molar-refractivity contribution in [1.29, 1.82) is 0 Å². The van der Waals surface area contributed by atoms with Crippen LogP contribution in [-0.2, 0) is 20.7 Å². The number of carbonyl (C=O) groups is 2. The van der Waals surface area contributed by atoms with E-state index in [0.717, 1.165) is 0 Å². The molecule has 1 aromatic heterocycles. The molecule has 3 rings (SSSR count). The van der Waals surface area contributed by atoms with Crippen LogP contribution >= 0.6 is 0 Å². The Hall–Kier alpha value is -4.08. The molecule has 30 heavy (non-hydrogen) atoms. The van der Waals surface area contributed by atoms with Crippen molar-refractivity contribution in [3.63, 3.8) is 0 Å². The molecule has 0 aliphatic carbocycles. The zero-order valence-electron chi connectivity index (χ0n) is 16.1. The highest BCUT2D eigenvalue weighted by Crippen LogP contribution is 2.29. The molecule has 0 bridgehead atoms. The number of benzene rings is 2. The number of anilines is 1. The molecule has 1 atom stereocenters. The van der Waals surface area contributed by atoms with E-state index in [1.165, 1.54) is 50.6 Å². The van der Waals surface area contributed by atoms with Crippen molar-refractivity contribution in [2.75, 3.05) is 12.4 Å². The van der Waals surface area contributed by atoms with E-state index >= 15 is 0 Å². The van der Waals surface area contributed by atoms with E-state index in [9.17, 15) is 24.8 Å². The number of esters is 1.